The predicted octanol–water partition coefficient (Wildman–Crippen LogP) is 2.20. The topological polar surface area (TPSA) is 38.3 Å². The Bertz CT molecular complexity index is 385. The highest BCUT2D eigenvalue weighted by atomic mass is 32.2. The highest BCUT2D eigenvalue weighted by molar-refractivity contribution is 8.00. The minimum atomic E-state index is -0.323. The molecule has 5 heteroatoms. The van der Waals surface area contributed by atoms with Crippen molar-refractivity contribution in [2.45, 2.75) is 18.4 Å². The number of esters is 1. The maximum absolute atomic E-state index is 13.6. The Morgan fingerprint density at radius 2 is 2.29 bits per heavy atom. The lowest BCUT2D eigenvalue weighted by atomic mass is 10.2. The minimum Gasteiger partial charge on any atom is -0.465 e. The number of carbonyl (C=O) groups excluding carboxylic acids is 1. The smallest absolute Gasteiger partial charge is 0.316 e. The van der Waals surface area contributed by atoms with Crippen molar-refractivity contribution in [1.29, 1.82) is 0 Å². The molecule has 1 aromatic rings. The van der Waals surface area contributed by atoms with E-state index in [0.717, 1.165) is 17.3 Å². The standard InChI is InChI=1S/C12H16FNO2S/c1-3-16-12(15)8-17-11-5-4-9(7-14-2)6-10(11)13/h4-6,14H,3,7-8H2,1-2H3. The lowest BCUT2D eigenvalue weighted by molar-refractivity contribution is -0.139. The number of thioether (sulfide) groups is 1. The van der Waals surface area contributed by atoms with Crippen LogP contribution in [0.4, 0.5) is 4.39 Å². The molecule has 0 amide bonds. The lowest BCUT2D eigenvalue weighted by Gasteiger charge is -2.05. The summed E-state index contributed by atoms with van der Waals surface area (Å²) in [7, 11) is 1.81. The van der Waals surface area contributed by atoms with E-state index in [1.165, 1.54) is 6.07 Å². The highest BCUT2D eigenvalue weighted by Gasteiger charge is 2.08. The summed E-state index contributed by atoms with van der Waals surface area (Å²) < 4.78 is 18.4. The molecule has 0 saturated carbocycles. The first-order valence-electron chi connectivity index (χ1n) is 5.38. The SMILES string of the molecule is CCOC(=O)CSc1ccc(CNC)cc1F. The molecular formula is C12H16FNO2S. The second-order valence-electron chi connectivity index (χ2n) is 3.39. The molecule has 1 N–H and O–H groups in total. The Morgan fingerprint density at radius 3 is 2.88 bits per heavy atom. The molecule has 0 spiro atoms. The van der Waals surface area contributed by atoms with Gasteiger partial charge in [-0.2, -0.15) is 0 Å². The third-order valence-corrected chi connectivity index (χ3v) is 3.05. The number of hydrogen-bond donors (Lipinski definition) is 1. The molecular weight excluding hydrogens is 241 g/mol. The first-order chi connectivity index (χ1) is 8.17. The summed E-state index contributed by atoms with van der Waals surface area (Å²) in [5, 5.41) is 2.95. The van der Waals surface area contributed by atoms with Gasteiger partial charge in [-0.3, -0.25) is 4.79 Å². The molecule has 0 heterocycles. The van der Waals surface area contributed by atoms with E-state index in [9.17, 15) is 9.18 Å². The molecule has 3 nitrogen and oxygen atoms in total. The van der Waals surface area contributed by atoms with Gasteiger partial charge in [0, 0.05) is 11.4 Å². The molecule has 0 bridgehead atoms. The van der Waals surface area contributed by atoms with Gasteiger partial charge in [0.15, 0.2) is 0 Å². The number of rotatable bonds is 6. The number of carbonyl (C=O) groups is 1. The second-order valence-corrected chi connectivity index (χ2v) is 4.41. The third-order valence-electron chi connectivity index (χ3n) is 2.03. The molecule has 0 fully saturated rings. The van der Waals surface area contributed by atoms with Crippen LogP contribution >= 0.6 is 11.8 Å². The molecule has 0 atom stereocenters. The van der Waals surface area contributed by atoms with Gasteiger partial charge in [-0.15, -0.1) is 11.8 Å². The molecule has 1 rings (SSSR count). The molecule has 0 aliphatic carbocycles. The predicted molar refractivity (Wildman–Crippen MR) is 66.5 cm³/mol. The van der Waals surface area contributed by atoms with Crippen LogP contribution in [-0.2, 0) is 16.1 Å². The van der Waals surface area contributed by atoms with E-state index in [-0.39, 0.29) is 17.5 Å². The van der Waals surface area contributed by atoms with E-state index < -0.39 is 0 Å². The van der Waals surface area contributed by atoms with Crippen LogP contribution in [0.5, 0.6) is 0 Å². The summed E-state index contributed by atoms with van der Waals surface area (Å²) in [6, 6.07) is 5.00. The van der Waals surface area contributed by atoms with E-state index in [1.54, 1.807) is 20.0 Å². The van der Waals surface area contributed by atoms with Crippen molar-refractivity contribution in [3.05, 3.63) is 29.6 Å². The van der Waals surface area contributed by atoms with Crippen LogP contribution in [0.25, 0.3) is 0 Å². The van der Waals surface area contributed by atoms with Crippen LogP contribution in [0.3, 0.4) is 0 Å². The van der Waals surface area contributed by atoms with Crippen molar-refractivity contribution in [3.8, 4) is 0 Å². The normalized spacial score (nSPS) is 10.3. The van der Waals surface area contributed by atoms with Crippen LogP contribution in [0.2, 0.25) is 0 Å². The number of ether oxygens (including phenoxy) is 1. The summed E-state index contributed by atoms with van der Waals surface area (Å²) in [5.41, 5.74) is 0.880. The summed E-state index contributed by atoms with van der Waals surface area (Å²) in [5.74, 6) is -0.487. The van der Waals surface area contributed by atoms with E-state index >= 15 is 0 Å². The van der Waals surface area contributed by atoms with Crippen LogP contribution in [-0.4, -0.2) is 25.4 Å². The fourth-order valence-electron chi connectivity index (χ4n) is 1.31. The molecule has 0 saturated heterocycles. The van der Waals surface area contributed by atoms with Gasteiger partial charge >= 0.3 is 5.97 Å². The van der Waals surface area contributed by atoms with Gasteiger partial charge in [0.05, 0.1) is 12.4 Å². The number of halogens is 1. The first-order valence-corrected chi connectivity index (χ1v) is 6.37. The molecule has 0 aliphatic rings. The molecule has 1 aromatic carbocycles. The van der Waals surface area contributed by atoms with E-state index in [4.69, 9.17) is 4.74 Å². The Hall–Kier alpha value is -1.07. The maximum Gasteiger partial charge on any atom is 0.316 e. The Kier molecular flexibility index (Phi) is 6.00. The van der Waals surface area contributed by atoms with Gasteiger partial charge in [0.2, 0.25) is 0 Å². The average Bonchev–Trinajstić information content (AvgIpc) is 2.29. The van der Waals surface area contributed by atoms with Crippen LogP contribution in [0.1, 0.15) is 12.5 Å². The zero-order valence-corrected chi connectivity index (χ0v) is 10.8. The lowest BCUT2D eigenvalue weighted by Crippen LogP contribution is -2.07. The average molecular weight is 257 g/mol. The Morgan fingerprint density at radius 1 is 1.53 bits per heavy atom. The fourth-order valence-corrected chi connectivity index (χ4v) is 2.03. The highest BCUT2D eigenvalue weighted by Crippen LogP contribution is 2.22. The number of hydrogen-bond acceptors (Lipinski definition) is 4. The molecule has 94 valence electrons. The van der Waals surface area contributed by atoms with Gasteiger partial charge in [-0.25, -0.2) is 4.39 Å². The van der Waals surface area contributed by atoms with Crippen LogP contribution in [0, 0.1) is 5.82 Å². The monoisotopic (exact) mass is 257 g/mol. The van der Waals surface area contributed by atoms with E-state index in [1.807, 2.05) is 6.07 Å². The summed E-state index contributed by atoms with van der Waals surface area (Å²) in [6.45, 7) is 2.72. The van der Waals surface area contributed by atoms with Gasteiger partial charge in [0.1, 0.15) is 5.82 Å². The van der Waals surface area contributed by atoms with Crippen molar-refractivity contribution >= 4 is 17.7 Å². The van der Waals surface area contributed by atoms with Gasteiger partial charge in [0.25, 0.3) is 0 Å². The first kappa shape index (κ1) is 14.0. The molecule has 0 aliphatic heterocycles. The fraction of sp³-hybridized carbons (Fsp3) is 0.417. The van der Waals surface area contributed by atoms with Crippen molar-refractivity contribution < 1.29 is 13.9 Å². The Balaban J connectivity index is 2.57. The van der Waals surface area contributed by atoms with Gasteiger partial charge in [-0.1, -0.05) is 6.07 Å². The third kappa shape index (κ3) is 4.75. The minimum absolute atomic E-state index is 0.135. The summed E-state index contributed by atoms with van der Waals surface area (Å²) >= 11 is 1.15. The quantitative estimate of drug-likeness (QED) is 0.626. The van der Waals surface area contributed by atoms with Crippen molar-refractivity contribution in [2.24, 2.45) is 0 Å². The maximum atomic E-state index is 13.6. The molecule has 0 unspecified atom stereocenters. The molecule has 17 heavy (non-hydrogen) atoms. The summed E-state index contributed by atoms with van der Waals surface area (Å²) in [6.07, 6.45) is 0. The second kappa shape index (κ2) is 7.29. The van der Waals surface area contributed by atoms with Gasteiger partial charge < -0.3 is 10.1 Å². The van der Waals surface area contributed by atoms with Crippen molar-refractivity contribution in [1.82, 2.24) is 5.32 Å². The van der Waals surface area contributed by atoms with E-state index in [0.29, 0.717) is 18.0 Å². The van der Waals surface area contributed by atoms with Crippen LogP contribution in [0.15, 0.2) is 23.1 Å². The van der Waals surface area contributed by atoms with Crippen molar-refractivity contribution in [2.75, 3.05) is 19.4 Å². The zero-order valence-electron chi connectivity index (χ0n) is 9.96. The van der Waals surface area contributed by atoms with E-state index in [2.05, 4.69) is 5.32 Å². The van der Waals surface area contributed by atoms with Gasteiger partial charge in [-0.05, 0) is 31.7 Å². The Labute approximate surface area is 105 Å². The van der Waals surface area contributed by atoms with Crippen LogP contribution < -0.4 is 5.32 Å². The van der Waals surface area contributed by atoms with Crippen molar-refractivity contribution in [3.63, 3.8) is 0 Å². The largest absolute Gasteiger partial charge is 0.465 e. The number of nitrogens with one attached hydrogen (secondary N) is 1. The number of benzene rings is 1. The zero-order chi connectivity index (χ0) is 12.7. The molecule has 0 radical (unpaired) electrons. The summed E-state index contributed by atoms with van der Waals surface area (Å²) in [4.78, 5) is 11.6. The molecule has 0 aromatic heterocycles.